The van der Waals surface area contributed by atoms with E-state index in [-0.39, 0.29) is 23.6 Å². The fourth-order valence-corrected chi connectivity index (χ4v) is 3.82. The molecule has 1 heterocycles. The normalized spacial score (nSPS) is 14.1. The zero-order chi connectivity index (χ0) is 21.6. The van der Waals surface area contributed by atoms with E-state index in [1.165, 1.54) is 19.3 Å². The lowest BCUT2D eigenvalue weighted by Crippen LogP contribution is -2.36. The molecule has 3 aromatic rings. The molecule has 0 bridgehead atoms. The van der Waals surface area contributed by atoms with Crippen LogP contribution in [0.2, 0.25) is 0 Å². The molecule has 2 N–H and O–H groups in total. The predicted octanol–water partition coefficient (Wildman–Crippen LogP) is 4.77. The summed E-state index contributed by atoms with van der Waals surface area (Å²) in [6.07, 6.45) is 7.36. The second-order valence-electron chi connectivity index (χ2n) is 7.90. The van der Waals surface area contributed by atoms with Crippen molar-refractivity contribution in [2.75, 3.05) is 5.32 Å². The third-order valence-electron chi connectivity index (χ3n) is 5.59. The van der Waals surface area contributed by atoms with E-state index in [9.17, 15) is 9.59 Å². The van der Waals surface area contributed by atoms with Crippen LogP contribution in [0.3, 0.4) is 0 Å². The molecule has 0 atom stereocenters. The molecule has 6 nitrogen and oxygen atoms in total. The summed E-state index contributed by atoms with van der Waals surface area (Å²) in [5.74, 6) is -0.349. The van der Waals surface area contributed by atoms with Crippen LogP contribution in [-0.4, -0.2) is 27.8 Å². The number of carbonyl (C=O) groups is 2. The van der Waals surface area contributed by atoms with Crippen LogP contribution in [0.25, 0.3) is 11.3 Å². The average molecular weight is 415 g/mol. The van der Waals surface area contributed by atoms with E-state index in [0.29, 0.717) is 22.6 Å². The number of benzene rings is 2. The molecule has 1 aliphatic rings. The first-order chi connectivity index (χ1) is 15.1. The molecular weight excluding hydrogens is 388 g/mol. The van der Waals surface area contributed by atoms with Gasteiger partial charge in [-0.1, -0.05) is 49.6 Å². The number of anilines is 1. The van der Waals surface area contributed by atoms with Crippen LogP contribution in [0, 0.1) is 6.92 Å². The van der Waals surface area contributed by atoms with Crippen LogP contribution in [-0.2, 0) is 0 Å². The van der Waals surface area contributed by atoms with Crippen LogP contribution < -0.4 is 10.6 Å². The topological polar surface area (TPSA) is 84.0 Å². The first-order valence-electron chi connectivity index (χ1n) is 10.7. The Labute approximate surface area is 182 Å². The van der Waals surface area contributed by atoms with Crippen LogP contribution in [0.5, 0.6) is 0 Å². The third-order valence-corrected chi connectivity index (χ3v) is 5.59. The van der Waals surface area contributed by atoms with E-state index >= 15 is 0 Å². The number of para-hydroxylation sites is 1. The Morgan fingerprint density at radius 2 is 1.61 bits per heavy atom. The molecule has 31 heavy (non-hydrogen) atoms. The number of hydrogen-bond acceptors (Lipinski definition) is 4. The zero-order valence-corrected chi connectivity index (χ0v) is 17.6. The number of nitrogens with zero attached hydrogens (tertiary/aromatic N) is 2. The number of nitrogens with one attached hydrogen (secondary N) is 2. The highest BCUT2D eigenvalue weighted by Crippen LogP contribution is 2.21. The van der Waals surface area contributed by atoms with Crippen molar-refractivity contribution in [2.24, 2.45) is 0 Å². The van der Waals surface area contributed by atoms with Crippen molar-refractivity contribution in [3.63, 3.8) is 0 Å². The largest absolute Gasteiger partial charge is 0.349 e. The summed E-state index contributed by atoms with van der Waals surface area (Å²) >= 11 is 0. The van der Waals surface area contributed by atoms with Crippen molar-refractivity contribution in [1.29, 1.82) is 0 Å². The van der Waals surface area contributed by atoms with Gasteiger partial charge in [0.25, 0.3) is 11.8 Å². The number of carbonyl (C=O) groups excluding carboxylic acids is 2. The zero-order valence-electron chi connectivity index (χ0n) is 17.6. The highest BCUT2D eigenvalue weighted by atomic mass is 16.2. The van der Waals surface area contributed by atoms with Gasteiger partial charge in [0.15, 0.2) is 0 Å². The summed E-state index contributed by atoms with van der Waals surface area (Å²) in [6.45, 7) is 1.76. The van der Waals surface area contributed by atoms with Crippen LogP contribution in [0.15, 0.2) is 60.8 Å². The van der Waals surface area contributed by atoms with Gasteiger partial charge in [-0.25, -0.2) is 4.98 Å². The van der Waals surface area contributed by atoms with Gasteiger partial charge in [-0.15, -0.1) is 0 Å². The summed E-state index contributed by atoms with van der Waals surface area (Å²) < 4.78 is 0. The fourth-order valence-electron chi connectivity index (χ4n) is 3.82. The van der Waals surface area contributed by atoms with E-state index in [1.807, 2.05) is 42.5 Å². The third kappa shape index (κ3) is 5.15. The minimum absolute atomic E-state index is 0.0450. The van der Waals surface area contributed by atoms with Gasteiger partial charge < -0.3 is 10.6 Å². The SMILES string of the molecule is Cc1ncc(-c2ccc(C(=O)NC3CCCCC3)cc2)nc1C(=O)Nc1ccccc1. The maximum atomic E-state index is 12.7. The van der Waals surface area contributed by atoms with E-state index in [2.05, 4.69) is 20.6 Å². The Balaban J connectivity index is 1.48. The maximum absolute atomic E-state index is 12.7. The summed E-state index contributed by atoms with van der Waals surface area (Å²) in [4.78, 5) is 34.1. The molecule has 0 unspecified atom stereocenters. The Kier molecular flexibility index (Phi) is 6.36. The summed E-state index contributed by atoms with van der Waals surface area (Å²) in [6, 6.07) is 16.8. The van der Waals surface area contributed by atoms with Crippen molar-refractivity contribution in [3.05, 3.63) is 77.7 Å². The minimum Gasteiger partial charge on any atom is -0.349 e. The summed E-state index contributed by atoms with van der Waals surface area (Å²) in [5.41, 5.74) is 3.54. The fraction of sp³-hybridized carbons (Fsp3) is 0.280. The Bertz CT molecular complexity index is 1060. The second-order valence-corrected chi connectivity index (χ2v) is 7.90. The van der Waals surface area contributed by atoms with Gasteiger partial charge in [-0.3, -0.25) is 14.6 Å². The molecule has 0 saturated heterocycles. The molecule has 0 radical (unpaired) electrons. The minimum atomic E-state index is -0.304. The van der Waals surface area contributed by atoms with Crippen molar-refractivity contribution in [3.8, 4) is 11.3 Å². The second kappa shape index (κ2) is 9.51. The standard InChI is InChI=1S/C25H26N4O2/c1-17-23(25(31)28-21-10-6-3-7-11-21)29-22(16-26-17)18-12-14-19(15-13-18)24(30)27-20-8-4-2-5-9-20/h3,6-7,10-16,20H,2,4-5,8-9H2,1H3,(H,27,30)(H,28,31). The molecule has 1 fully saturated rings. The Hall–Kier alpha value is -3.54. The van der Waals surface area contributed by atoms with E-state index in [4.69, 9.17) is 0 Å². The molecule has 0 aliphatic heterocycles. The predicted molar refractivity (Wildman–Crippen MR) is 121 cm³/mol. The average Bonchev–Trinajstić information content (AvgIpc) is 2.81. The maximum Gasteiger partial charge on any atom is 0.276 e. The molecule has 1 aromatic heterocycles. The number of aryl methyl sites for hydroxylation is 1. The summed E-state index contributed by atoms with van der Waals surface area (Å²) in [7, 11) is 0. The highest BCUT2D eigenvalue weighted by molar-refractivity contribution is 6.03. The number of amides is 2. The van der Waals surface area contributed by atoms with Crippen molar-refractivity contribution in [1.82, 2.24) is 15.3 Å². The molecule has 4 rings (SSSR count). The first kappa shape index (κ1) is 20.7. The van der Waals surface area contributed by atoms with Crippen LogP contribution in [0.4, 0.5) is 5.69 Å². The molecule has 1 aliphatic carbocycles. The van der Waals surface area contributed by atoms with Crippen molar-refractivity contribution < 1.29 is 9.59 Å². The van der Waals surface area contributed by atoms with Gasteiger partial charge in [0.05, 0.1) is 17.6 Å². The lowest BCUT2D eigenvalue weighted by molar-refractivity contribution is 0.0927. The van der Waals surface area contributed by atoms with Gasteiger partial charge in [0, 0.05) is 22.9 Å². The molecule has 1 saturated carbocycles. The van der Waals surface area contributed by atoms with Gasteiger partial charge in [-0.05, 0) is 44.0 Å². The first-order valence-corrected chi connectivity index (χ1v) is 10.7. The van der Waals surface area contributed by atoms with E-state index < -0.39 is 0 Å². The monoisotopic (exact) mass is 414 g/mol. The summed E-state index contributed by atoms with van der Waals surface area (Å²) in [5, 5.41) is 5.98. The van der Waals surface area contributed by atoms with Gasteiger partial charge in [0.2, 0.25) is 0 Å². The van der Waals surface area contributed by atoms with E-state index in [0.717, 1.165) is 18.4 Å². The van der Waals surface area contributed by atoms with Crippen molar-refractivity contribution >= 4 is 17.5 Å². The number of rotatable bonds is 5. The van der Waals surface area contributed by atoms with Crippen molar-refractivity contribution in [2.45, 2.75) is 45.1 Å². The molecule has 0 spiro atoms. The van der Waals surface area contributed by atoms with Gasteiger partial charge in [0.1, 0.15) is 5.69 Å². The Morgan fingerprint density at radius 1 is 0.903 bits per heavy atom. The van der Waals surface area contributed by atoms with Crippen LogP contribution >= 0.6 is 0 Å². The number of hydrogen-bond donors (Lipinski definition) is 2. The lowest BCUT2D eigenvalue weighted by Gasteiger charge is -2.22. The number of aromatic nitrogens is 2. The van der Waals surface area contributed by atoms with Gasteiger partial charge in [-0.2, -0.15) is 0 Å². The molecule has 2 amide bonds. The van der Waals surface area contributed by atoms with Crippen LogP contribution in [0.1, 0.15) is 58.6 Å². The molecule has 158 valence electrons. The lowest BCUT2D eigenvalue weighted by atomic mass is 9.95. The molecular formula is C25H26N4O2. The van der Waals surface area contributed by atoms with Gasteiger partial charge >= 0.3 is 0 Å². The smallest absolute Gasteiger partial charge is 0.276 e. The van der Waals surface area contributed by atoms with E-state index in [1.54, 1.807) is 25.3 Å². The Morgan fingerprint density at radius 3 is 2.32 bits per heavy atom. The quantitative estimate of drug-likeness (QED) is 0.630. The highest BCUT2D eigenvalue weighted by Gasteiger charge is 2.17. The molecule has 6 heteroatoms. The molecule has 2 aromatic carbocycles.